The number of halogens is 2. The first-order valence-corrected chi connectivity index (χ1v) is 8.54. The number of phenols is 1. The molecule has 130 valence electrons. The van der Waals surface area contributed by atoms with Gasteiger partial charge < -0.3 is 14.6 Å². The number of aromatic hydroxyl groups is 1. The molecule has 0 aliphatic carbocycles. The summed E-state index contributed by atoms with van der Waals surface area (Å²) >= 11 is 17.5. The second-order valence-corrected chi connectivity index (χ2v) is 6.44. The highest BCUT2D eigenvalue weighted by Gasteiger charge is 2.26. The van der Waals surface area contributed by atoms with Gasteiger partial charge in [-0.15, -0.1) is 0 Å². The maximum Gasteiger partial charge on any atom is 0.341 e. The van der Waals surface area contributed by atoms with Crippen molar-refractivity contribution in [1.29, 1.82) is 0 Å². The lowest BCUT2D eigenvalue weighted by Gasteiger charge is -2.31. The molecule has 2 aromatic rings. The topological polar surface area (TPSA) is 59.0 Å². The number of ether oxygens (including phenoxy) is 2. The van der Waals surface area contributed by atoms with Crippen LogP contribution in [0.2, 0.25) is 10.0 Å². The Morgan fingerprint density at radius 1 is 1.36 bits per heavy atom. The second-order valence-electron chi connectivity index (χ2n) is 5.25. The van der Waals surface area contributed by atoms with Gasteiger partial charge in [0.2, 0.25) is 0 Å². The van der Waals surface area contributed by atoms with Crippen molar-refractivity contribution in [2.24, 2.45) is 0 Å². The fourth-order valence-electron chi connectivity index (χ4n) is 2.49. The lowest BCUT2D eigenvalue weighted by Crippen LogP contribution is -2.36. The molecule has 0 unspecified atom stereocenters. The zero-order chi connectivity index (χ0) is 18.1. The molecule has 1 aliphatic heterocycles. The average Bonchev–Trinajstić information content (AvgIpc) is 2.55. The first-order chi connectivity index (χ1) is 11.9. The maximum atomic E-state index is 11.8. The van der Waals surface area contributed by atoms with E-state index in [1.165, 1.54) is 12.1 Å². The summed E-state index contributed by atoms with van der Waals surface area (Å²) in [6.07, 6.45) is 0. The minimum Gasteiger partial charge on any atom is -0.507 e. The van der Waals surface area contributed by atoms with Crippen LogP contribution in [0.4, 0.5) is 5.69 Å². The Labute approximate surface area is 159 Å². The normalized spacial score (nSPS) is 13.2. The molecular weight excluding hydrogens is 385 g/mol. The number of hydrogen-bond donors (Lipinski definition) is 1. The number of carbonyl (C=O) groups excluding carboxylic acids is 1. The smallest absolute Gasteiger partial charge is 0.341 e. The molecule has 0 amide bonds. The average molecular weight is 398 g/mol. The van der Waals surface area contributed by atoms with Gasteiger partial charge in [-0.1, -0.05) is 23.2 Å². The van der Waals surface area contributed by atoms with Crippen LogP contribution in [0.3, 0.4) is 0 Å². The zero-order valence-corrected chi connectivity index (χ0v) is 15.4. The number of esters is 1. The lowest BCUT2D eigenvalue weighted by atomic mass is 10.1. The molecule has 0 spiro atoms. The largest absolute Gasteiger partial charge is 0.507 e. The van der Waals surface area contributed by atoms with Gasteiger partial charge in [-0.2, -0.15) is 0 Å². The molecular formula is C17H13Cl2NO4S. The predicted octanol–water partition coefficient (Wildman–Crippen LogP) is 4.56. The molecule has 0 aromatic heterocycles. The van der Waals surface area contributed by atoms with Crippen LogP contribution < -0.4 is 9.64 Å². The highest BCUT2D eigenvalue weighted by atomic mass is 35.5. The number of rotatable bonds is 3. The van der Waals surface area contributed by atoms with Crippen molar-refractivity contribution in [1.82, 2.24) is 0 Å². The quantitative estimate of drug-likeness (QED) is 0.604. The lowest BCUT2D eigenvalue weighted by molar-refractivity contribution is 0.0523. The summed E-state index contributed by atoms with van der Waals surface area (Å²) in [6, 6.07) is 7.88. The summed E-state index contributed by atoms with van der Waals surface area (Å²) in [5.41, 5.74) is 1.42. The van der Waals surface area contributed by atoms with Gasteiger partial charge >= 0.3 is 5.97 Å². The Bertz CT molecular complexity index is 872. The second kappa shape index (κ2) is 7.07. The van der Waals surface area contributed by atoms with Crippen LogP contribution in [0, 0.1) is 0 Å². The summed E-state index contributed by atoms with van der Waals surface area (Å²) in [5, 5.41) is 11.2. The fourth-order valence-corrected chi connectivity index (χ4v) is 3.32. The number of thiocarbonyl (C=S) groups is 1. The van der Waals surface area contributed by atoms with Crippen molar-refractivity contribution in [3.8, 4) is 11.5 Å². The van der Waals surface area contributed by atoms with E-state index in [9.17, 15) is 9.90 Å². The van der Waals surface area contributed by atoms with E-state index < -0.39 is 5.97 Å². The Morgan fingerprint density at radius 3 is 2.80 bits per heavy atom. The highest BCUT2D eigenvalue weighted by molar-refractivity contribution is 7.80. The first kappa shape index (κ1) is 17.8. The molecule has 8 heteroatoms. The van der Waals surface area contributed by atoms with Crippen molar-refractivity contribution in [3.05, 3.63) is 51.5 Å². The molecule has 0 fully saturated rings. The van der Waals surface area contributed by atoms with Crippen molar-refractivity contribution in [3.63, 3.8) is 0 Å². The molecule has 0 radical (unpaired) electrons. The van der Waals surface area contributed by atoms with Crippen molar-refractivity contribution >= 4 is 52.3 Å². The third-order valence-electron chi connectivity index (χ3n) is 3.61. The molecule has 1 N–H and O–H groups in total. The van der Waals surface area contributed by atoms with E-state index in [2.05, 4.69) is 0 Å². The van der Waals surface area contributed by atoms with E-state index in [1.54, 1.807) is 30.0 Å². The minimum absolute atomic E-state index is 0.0842. The molecule has 5 nitrogen and oxygen atoms in total. The number of carbonyl (C=O) groups is 1. The number of hydrogen-bond acceptors (Lipinski definition) is 5. The van der Waals surface area contributed by atoms with E-state index in [4.69, 9.17) is 44.9 Å². The summed E-state index contributed by atoms with van der Waals surface area (Å²) in [5.74, 6) is -0.318. The van der Waals surface area contributed by atoms with Gasteiger partial charge in [0.05, 0.1) is 18.2 Å². The fraction of sp³-hybridized carbons (Fsp3) is 0.176. The summed E-state index contributed by atoms with van der Waals surface area (Å²) in [4.78, 5) is 13.4. The van der Waals surface area contributed by atoms with E-state index in [0.717, 1.165) is 5.56 Å². The molecule has 0 saturated heterocycles. The van der Waals surface area contributed by atoms with E-state index >= 15 is 0 Å². The molecule has 1 aliphatic rings. The molecule has 2 aromatic carbocycles. The number of nitrogens with zero attached hydrogens (tertiary/aromatic N) is 1. The van der Waals surface area contributed by atoms with Crippen LogP contribution in [0.15, 0.2) is 30.3 Å². The van der Waals surface area contributed by atoms with Crippen LogP contribution in [-0.4, -0.2) is 22.9 Å². The van der Waals surface area contributed by atoms with Gasteiger partial charge in [0.1, 0.15) is 11.3 Å². The standard InChI is InChI=1S/C17H13Cl2NO4S/c1-2-23-16(22)12-4-3-11(7-14(12)21)20-8-9-5-10(18)6-13(19)15(9)24-17(20)25/h3-7,21H,2,8H2,1H3. The zero-order valence-electron chi connectivity index (χ0n) is 13.1. The number of anilines is 1. The Balaban J connectivity index is 1.93. The molecule has 0 saturated carbocycles. The van der Waals surface area contributed by atoms with Crippen molar-refractivity contribution in [2.75, 3.05) is 11.5 Å². The maximum absolute atomic E-state index is 11.8. The van der Waals surface area contributed by atoms with Crippen LogP contribution in [0.5, 0.6) is 11.5 Å². The summed E-state index contributed by atoms with van der Waals surface area (Å²) < 4.78 is 10.5. The Kier molecular flexibility index (Phi) is 5.03. The van der Waals surface area contributed by atoms with Gasteiger partial charge in [-0.25, -0.2) is 4.79 Å². The predicted molar refractivity (Wildman–Crippen MR) is 99.9 cm³/mol. The highest BCUT2D eigenvalue weighted by Crippen LogP contribution is 2.38. The molecule has 0 bridgehead atoms. The van der Waals surface area contributed by atoms with Gasteiger partial charge in [0, 0.05) is 22.3 Å². The van der Waals surface area contributed by atoms with Crippen molar-refractivity contribution < 1.29 is 19.4 Å². The Hall–Kier alpha value is -2.02. The Morgan fingerprint density at radius 2 is 2.12 bits per heavy atom. The summed E-state index contributed by atoms with van der Waals surface area (Å²) in [7, 11) is 0. The van der Waals surface area contributed by atoms with Crippen LogP contribution in [-0.2, 0) is 11.3 Å². The van der Waals surface area contributed by atoms with Crippen LogP contribution in [0.1, 0.15) is 22.8 Å². The number of fused-ring (bicyclic) bond motifs is 1. The molecule has 25 heavy (non-hydrogen) atoms. The SMILES string of the molecule is CCOC(=O)c1ccc(N2Cc3cc(Cl)cc(Cl)c3OC2=S)cc1O. The monoisotopic (exact) mass is 397 g/mol. The van der Waals surface area contributed by atoms with Gasteiger partial charge in [-0.05, 0) is 43.4 Å². The van der Waals surface area contributed by atoms with Gasteiger partial charge in [-0.3, -0.25) is 4.90 Å². The molecule has 3 rings (SSSR count). The molecule has 1 heterocycles. The number of phenolic OH excluding ortho intramolecular Hbond substituents is 1. The van der Waals surface area contributed by atoms with Crippen LogP contribution in [0.25, 0.3) is 0 Å². The van der Waals surface area contributed by atoms with Gasteiger partial charge in [0.15, 0.2) is 5.75 Å². The third kappa shape index (κ3) is 3.51. The van der Waals surface area contributed by atoms with Crippen molar-refractivity contribution in [2.45, 2.75) is 13.5 Å². The van der Waals surface area contributed by atoms with E-state index in [0.29, 0.717) is 28.0 Å². The first-order valence-electron chi connectivity index (χ1n) is 7.38. The third-order valence-corrected chi connectivity index (χ3v) is 4.41. The van der Waals surface area contributed by atoms with E-state index in [1.807, 2.05) is 0 Å². The van der Waals surface area contributed by atoms with Crippen LogP contribution >= 0.6 is 35.4 Å². The number of benzene rings is 2. The minimum atomic E-state index is -0.590. The van der Waals surface area contributed by atoms with E-state index in [-0.39, 0.29) is 23.1 Å². The molecule has 0 atom stereocenters. The summed E-state index contributed by atoms with van der Waals surface area (Å²) in [6.45, 7) is 2.29. The van der Waals surface area contributed by atoms with Gasteiger partial charge in [0.25, 0.3) is 5.17 Å².